The van der Waals surface area contributed by atoms with E-state index in [2.05, 4.69) is 0 Å². The van der Waals surface area contributed by atoms with Gasteiger partial charge in [-0.05, 0) is 48.9 Å². The quantitative estimate of drug-likeness (QED) is 0.658. The standard InChI is InChI=1S/C20H19ClO3S/c1-16-6-12-20(13-7-16)25(22,23)19(14-15-21)5-3-4-17-8-10-18(24-2)11-9-17/h3-15H,1-2H3/b4-3+,15-14+,19-5+. The molecule has 0 heterocycles. The van der Waals surface area contributed by atoms with Crippen molar-refractivity contribution < 1.29 is 13.2 Å². The van der Waals surface area contributed by atoms with Crippen LogP contribution in [0.3, 0.4) is 0 Å². The Balaban J connectivity index is 2.30. The van der Waals surface area contributed by atoms with Crippen LogP contribution < -0.4 is 4.74 Å². The van der Waals surface area contributed by atoms with Gasteiger partial charge in [0, 0.05) is 5.54 Å². The van der Waals surface area contributed by atoms with Gasteiger partial charge >= 0.3 is 0 Å². The summed E-state index contributed by atoms with van der Waals surface area (Å²) in [5.41, 5.74) is 3.12. The molecule has 0 aliphatic carbocycles. The van der Waals surface area contributed by atoms with Crippen LogP contribution in [0, 0.1) is 6.92 Å². The van der Waals surface area contributed by atoms with E-state index in [1.165, 1.54) is 17.7 Å². The molecule has 0 saturated carbocycles. The fraction of sp³-hybridized carbons (Fsp3) is 0.100. The topological polar surface area (TPSA) is 43.4 Å². The lowest BCUT2D eigenvalue weighted by atomic mass is 10.2. The molecule has 2 rings (SSSR count). The van der Waals surface area contributed by atoms with E-state index in [0.29, 0.717) is 0 Å². The minimum absolute atomic E-state index is 0.121. The normalized spacial score (nSPS) is 12.8. The first-order valence-electron chi connectivity index (χ1n) is 7.58. The van der Waals surface area contributed by atoms with Crippen LogP contribution in [0.25, 0.3) is 6.08 Å². The van der Waals surface area contributed by atoms with Crippen LogP contribution in [0.1, 0.15) is 11.1 Å². The second-order valence-electron chi connectivity index (χ2n) is 5.31. The van der Waals surface area contributed by atoms with Gasteiger partial charge in [-0.1, -0.05) is 53.6 Å². The van der Waals surface area contributed by atoms with E-state index in [-0.39, 0.29) is 9.80 Å². The van der Waals surface area contributed by atoms with Crippen molar-refractivity contribution in [3.63, 3.8) is 0 Å². The lowest BCUT2D eigenvalue weighted by Crippen LogP contribution is -2.03. The summed E-state index contributed by atoms with van der Waals surface area (Å²) in [5, 5.41) is 0. The monoisotopic (exact) mass is 374 g/mol. The highest BCUT2D eigenvalue weighted by Crippen LogP contribution is 2.21. The van der Waals surface area contributed by atoms with Gasteiger partial charge in [-0.3, -0.25) is 0 Å². The van der Waals surface area contributed by atoms with Gasteiger partial charge in [-0.15, -0.1) is 0 Å². The lowest BCUT2D eigenvalue weighted by molar-refractivity contribution is 0.415. The largest absolute Gasteiger partial charge is 0.497 e. The van der Waals surface area contributed by atoms with E-state index in [4.69, 9.17) is 16.3 Å². The second kappa shape index (κ2) is 8.70. The minimum Gasteiger partial charge on any atom is -0.497 e. The molecule has 0 aliphatic rings. The Labute approximate surface area is 153 Å². The molecule has 2 aromatic carbocycles. The first-order chi connectivity index (χ1) is 12.0. The number of allylic oxidation sites excluding steroid dienone is 3. The molecule has 0 fully saturated rings. The third kappa shape index (κ3) is 5.08. The van der Waals surface area contributed by atoms with Crippen molar-refractivity contribution in [1.82, 2.24) is 0 Å². The van der Waals surface area contributed by atoms with Gasteiger partial charge in [0.15, 0.2) is 0 Å². The highest BCUT2D eigenvalue weighted by Gasteiger charge is 2.17. The molecule has 130 valence electrons. The van der Waals surface area contributed by atoms with Crippen LogP contribution in [0.5, 0.6) is 5.75 Å². The predicted molar refractivity (Wildman–Crippen MR) is 103 cm³/mol. The zero-order valence-corrected chi connectivity index (χ0v) is 15.6. The Morgan fingerprint density at radius 2 is 1.68 bits per heavy atom. The molecule has 5 heteroatoms. The zero-order chi connectivity index (χ0) is 18.3. The van der Waals surface area contributed by atoms with Gasteiger partial charge < -0.3 is 4.74 Å². The average molecular weight is 375 g/mol. The van der Waals surface area contributed by atoms with Crippen molar-refractivity contribution in [3.05, 3.63) is 88.3 Å². The van der Waals surface area contributed by atoms with E-state index >= 15 is 0 Å². The number of halogens is 1. The van der Waals surface area contributed by atoms with Crippen LogP contribution in [0.4, 0.5) is 0 Å². The number of aryl methyl sites for hydroxylation is 1. The van der Waals surface area contributed by atoms with Crippen molar-refractivity contribution in [1.29, 1.82) is 0 Å². The van der Waals surface area contributed by atoms with Crippen molar-refractivity contribution in [2.45, 2.75) is 11.8 Å². The lowest BCUT2D eigenvalue weighted by Gasteiger charge is -2.05. The molecular weight excluding hydrogens is 356 g/mol. The van der Waals surface area contributed by atoms with Crippen LogP contribution in [0.2, 0.25) is 0 Å². The summed E-state index contributed by atoms with van der Waals surface area (Å²) in [4.78, 5) is 0.355. The molecule has 0 bridgehead atoms. The Morgan fingerprint density at radius 3 is 2.24 bits per heavy atom. The Morgan fingerprint density at radius 1 is 1.04 bits per heavy atom. The zero-order valence-electron chi connectivity index (χ0n) is 14.0. The number of ether oxygens (including phenoxy) is 1. The molecule has 0 saturated heterocycles. The molecule has 25 heavy (non-hydrogen) atoms. The minimum atomic E-state index is -3.63. The van der Waals surface area contributed by atoms with Crippen molar-refractivity contribution in [2.75, 3.05) is 7.11 Å². The number of rotatable bonds is 6. The molecule has 0 aromatic heterocycles. The van der Waals surface area contributed by atoms with E-state index in [9.17, 15) is 8.42 Å². The van der Waals surface area contributed by atoms with Crippen LogP contribution in [0.15, 0.2) is 82.1 Å². The number of benzene rings is 2. The second-order valence-corrected chi connectivity index (χ2v) is 7.51. The van der Waals surface area contributed by atoms with Crippen LogP contribution in [-0.2, 0) is 9.84 Å². The van der Waals surface area contributed by atoms with Gasteiger partial charge in [-0.25, -0.2) is 8.42 Å². The highest BCUT2D eigenvalue weighted by molar-refractivity contribution is 7.95. The third-order valence-electron chi connectivity index (χ3n) is 3.53. The van der Waals surface area contributed by atoms with Crippen molar-refractivity contribution in [2.24, 2.45) is 0 Å². The molecule has 0 atom stereocenters. The van der Waals surface area contributed by atoms with Gasteiger partial charge in [0.2, 0.25) is 9.84 Å². The van der Waals surface area contributed by atoms with E-state index in [1.54, 1.807) is 37.5 Å². The number of hydrogen-bond acceptors (Lipinski definition) is 3. The summed E-state index contributed by atoms with van der Waals surface area (Å²) >= 11 is 5.62. The van der Waals surface area contributed by atoms with Gasteiger partial charge in [0.25, 0.3) is 0 Å². The summed E-state index contributed by atoms with van der Waals surface area (Å²) in [6, 6.07) is 14.2. The molecule has 0 aliphatic heterocycles. The summed E-state index contributed by atoms with van der Waals surface area (Å²) in [7, 11) is -2.02. The molecule has 2 aromatic rings. The summed E-state index contributed by atoms with van der Waals surface area (Å²) in [5.74, 6) is 0.764. The fourth-order valence-electron chi connectivity index (χ4n) is 2.12. The number of sulfone groups is 1. The average Bonchev–Trinajstić information content (AvgIpc) is 2.62. The van der Waals surface area contributed by atoms with E-state index in [0.717, 1.165) is 16.9 Å². The molecule has 0 radical (unpaired) electrons. The SMILES string of the molecule is COc1ccc(/C=C/C=C(\C=C\Cl)S(=O)(=O)c2ccc(C)cc2)cc1. The Hall–Kier alpha value is -2.30. The predicted octanol–water partition coefficient (Wildman–Crippen LogP) is 5.13. The molecular formula is C20H19ClO3S. The molecule has 0 amide bonds. The number of hydrogen-bond donors (Lipinski definition) is 0. The van der Waals surface area contributed by atoms with Gasteiger partial charge in [0.1, 0.15) is 5.75 Å². The van der Waals surface area contributed by atoms with E-state index < -0.39 is 9.84 Å². The Kier molecular flexibility index (Phi) is 6.62. The van der Waals surface area contributed by atoms with E-state index in [1.807, 2.05) is 37.3 Å². The summed E-state index contributed by atoms with van der Waals surface area (Å²) in [6.45, 7) is 1.91. The third-order valence-corrected chi connectivity index (χ3v) is 5.45. The molecule has 3 nitrogen and oxygen atoms in total. The first kappa shape index (κ1) is 19.0. The Bertz CT molecular complexity index is 891. The molecule has 0 N–H and O–H groups in total. The van der Waals surface area contributed by atoms with Gasteiger partial charge in [0.05, 0.1) is 16.9 Å². The van der Waals surface area contributed by atoms with Crippen LogP contribution in [-0.4, -0.2) is 15.5 Å². The van der Waals surface area contributed by atoms with Gasteiger partial charge in [-0.2, -0.15) is 0 Å². The molecule has 0 unspecified atom stereocenters. The highest BCUT2D eigenvalue weighted by atomic mass is 35.5. The molecule has 0 spiro atoms. The van der Waals surface area contributed by atoms with Crippen molar-refractivity contribution in [3.8, 4) is 5.75 Å². The summed E-state index contributed by atoms with van der Waals surface area (Å²) < 4.78 is 30.6. The van der Waals surface area contributed by atoms with Crippen molar-refractivity contribution >= 4 is 27.5 Å². The first-order valence-corrected chi connectivity index (χ1v) is 9.50. The summed E-state index contributed by atoms with van der Waals surface area (Å²) in [6.07, 6.45) is 6.39. The van der Waals surface area contributed by atoms with Crippen LogP contribution >= 0.6 is 11.6 Å². The maximum Gasteiger partial charge on any atom is 0.206 e. The fourth-order valence-corrected chi connectivity index (χ4v) is 3.60. The maximum absolute atomic E-state index is 12.7. The smallest absolute Gasteiger partial charge is 0.206 e. The number of methoxy groups -OCH3 is 1. The maximum atomic E-state index is 12.7.